The third kappa shape index (κ3) is 2.25. The molecule has 0 bridgehead atoms. The van der Waals surface area contributed by atoms with Gasteiger partial charge in [0.25, 0.3) is 11.7 Å². The van der Waals surface area contributed by atoms with E-state index in [1.54, 1.807) is 12.5 Å². The molecule has 0 aliphatic rings. The SMILES string of the molecule is O=[N+]([O-])c1ccc2oc(NCc3ccoc3)nc2c1. The van der Waals surface area contributed by atoms with Crippen LogP contribution in [0.5, 0.6) is 0 Å². The average Bonchev–Trinajstić information content (AvgIpc) is 3.04. The Balaban J connectivity index is 1.83. The number of hydrogen-bond acceptors (Lipinski definition) is 6. The second-order valence-electron chi connectivity index (χ2n) is 3.91. The van der Waals surface area contributed by atoms with Crippen molar-refractivity contribution in [2.75, 3.05) is 5.32 Å². The van der Waals surface area contributed by atoms with E-state index in [0.717, 1.165) is 5.56 Å². The molecule has 0 amide bonds. The first kappa shape index (κ1) is 11.3. The Kier molecular flexibility index (Phi) is 2.64. The van der Waals surface area contributed by atoms with E-state index in [0.29, 0.717) is 23.7 Å². The quantitative estimate of drug-likeness (QED) is 0.571. The largest absolute Gasteiger partial charge is 0.472 e. The number of nitro benzene ring substituents is 1. The summed E-state index contributed by atoms with van der Waals surface area (Å²) in [5.41, 5.74) is 1.89. The van der Waals surface area contributed by atoms with Crippen LogP contribution in [0, 0.1) is 10.1 Å². The van der Waals surface area contributed by atoms with Gasteiger partial charge >= 0.3 is 0 Å². The summed E-state index contributed by atoms with van der Waals surface area (Å²) in [5.74, 6) is 0. The summed E-state index contributed by atoms with van der Waals surface area (Å²) >= 11 is 0. The zero-order valence-corrected chi connectivity index (χ0v) is 9.70. The number of nitrogens with one attached hydrogen (secondary N) is 1. The smallest absolute Gasteiger partial charge is 0.295 e. The topological polar surface area (TPSA) is 94.3 Å². The van der Waals surface area contributed by atoms with E-state index < -0.39 is 4.92 Å². The Labute approximate surface area is 107 Å². The zero-order valence-electron chi connectivity index (χ0n) is 9.70. The maximum atomic E-state index is 10.7. The molecule has 0 radical (unpaired) electrons. The van der Waals surface area contributed by atoms with Gasteiger partial charge in [-0.15, -0.1) is 0 Å². The molecule has 1 N–H and O–H groups in total. The summed E-state index contributed by atoms with van der Waals surface area (Å²) in [5, 5.41) is 13.6. The van der Waals surface area contributed by atoms with Crippen molar-refractivity contribution in [3.05, 3.63) is 52.5 Å². The fraction of sp³-hybridized carbons (Fsp3) is 0.0833. The predicted molar refractivity (Wildman–Crippen MR) is 66.7 cm³/mol. The zero-order chi connectivity index (χ0) is 13.2. The summed E-state index contributed by atoms with van der Waals surface area (Å²) < 4.78 is 10.4. The summed E-state index contributed by atoms with van der Waals surface area (Å²) in [7, 11) is 0. The van der Waals surface area contributed by atoms with Crippen LogP contribution < -0.4 is 5.32 Å². The Morgan fingerprint density at radius 2 is 2.26 bits per heavy atom. The Bertz CT molecular complexity index is 718. The third-order valence-corrected chi connectivity index (χ3v) is 2.61. The van der Waals surface area contributed by atoms with Gasteiger partial charge in [-0.05, 0) is 12.1 Å². The number of furan rings is 1. The standard InChI is InChI=1S/C12H9N3O4/c16-15(17)9-1-2-11-10(5-9)14-12(19-11)13-6-8-3-4-18-7-8/h1-5,7H,6H2,(H,13,14). The lowest BCUT2D eigenvalue weighted by molar-refractivity contribution is -0.384. The van der Waals surface area contributed by atoms with Crippen LogP contribution in [0.2, 0.25) is 0 Å². The molecule has 0 atom stereocenters. The van der Waals surface area contributed by atoms with E-state index >= 15 is 0 Å². The van der Waals surface area contributed by atoms with Gasteiger partial charge in [-0.25, -0.2) is 0 Å². The summed E-state index contributed by atoms with van der Waals surface area (Å²) in [6, 6.07) is 6.43. The van der Waals surface area contributed by atoms with Crippen LogP contribution in [-0.2, 0) is 6.54 Å². The van der Waals surface area contributed by atoms with Crippen molar-refractivity contribution < 1.29 is 13.8 Å². The molecule has 19 heavy (non-hydrogen) atoms. The molecular formula is C12H9N3O4. The molecule has 0 unspecified atom stereocenters. The van der Waals surface area contributed by atoms with Gasteiger partial charge in [-0.3, -0.25) is 10.1 Å². The van der Waals surface area contributed by atoms with Crippen LogP contribution in [0.1, 0.15) is 5.56 Å². The van der Waals surface area contributed by atoms with E-state index in [-0.39, 0.29) is 5.69 Å². The van der Waals surface area contributed by atoms with E-state index in [4.69, 9.17) is 8.83 Å². The van der Waals surface area contributed by atoms with E-state index in [1.165, 1.54) is 18.2 Å². The molecule has 0 fully saturated rings. The van der Waals surface area contributed by atoms with Crippen molar-refractivity contribution in [2.45, 2.75) is 6.54 Å². The fourth-order valence-corrected chi connectivity index (χ4v) is 1.68. The predicted octanol–water partition coefficient (Wildman–Crippen LogP) is 2.94. The number of non-ortho nitro benzene ring substituents is 1. The van der Waals surface area contributed by atoms with Gasteiger partial charge in [-0.1, -0.05) is 0 Å². The average molecular weight is 259 g/mol. The second-order valence-corrected chi connectivity index (χ2v) is 3.91. The minimum absolute atomic E-state index is 0.0119. The molecule has 7 heteroatoms. The number of fused-ring (bicyclic) bond motifs is 1. The summed E-state index contributed by atoms with van der Waals surface area (Å²) in [4.78, 5) is 14.3. The van der Waals surface area contributed by atoms with Crippen molar-refractivity contribution in [3.63, 3.8) is 0 Å². The van der Waals surface area contributed by atoms with Crippen LogP contribution in [0.25, 0.3) is 11.1 Å². The van der Waals surface area contributed by atoms with Crippen molar-refractivity contribution in [1.82, 2.24) is 4.98 Å². The van der Waals surface area contributed by atoms with Gasteiger partial charge in [0.15, 0.2) is 5.58 Å². The fourth-order valence-electron chi connectivity index (χ4n) is 1.68. The molecule has 0 saturated carbocycles. The van der Waals surface area contributed by atoms with Crippen molar-refractivity contribution >= 4 is 22.8 Å². The Hall–Kier alpha value is -2.83. The first-order valence-corrected chi connectivity index (χ1v) is 5.52. The normalized spacial score (nSPS) is 10.7. The molecule has 3 aromatic rings. The maximum Gasteiger partial charge on any atom is 0.295 e. The summed E-state index contributed by atoms with van der Waals surface area (Å²) in [6.45, 7) is 0.505. The molecule has 2 heterocycles. The lowest BCUT2D eigenvalue weighted by Gasteiger charge is -1.96. The molecule has 3 rings (SSSR count). The van der Waals surface area contributed by atoms with Crippen LogP contribution in [0.15, 0.2) is 45.6 Å². The van der Waals surface area contributed by atoms with Crippen molar-refractivity contribution in [2.24, 2.45) is 0 Å². The van der Waals surface area contributed by atoms with Crippen LogP contribution in [-0.4, -0.2) is 9.91 Å². The molecular weight excluding hydrogens is 250 g/mol. The monoisotopic (exact) mass is 259 g/mol. The van der Waals surface area contributed by atoms with Gasteiger partial charge in [0.05, 0.1) is 17.4 Å². The van der Waals surface area contributed by atoms with E-state index in [2.05, 4.69) is 10.3 Å². The molecule has 1 aromatic carbocycles. The van der Waals surface area contributed by atoms with E-state index in [9.17, 15) is 10.1 Å². The van der Waals surface area contributed by atoms with Gasteiger partial charge in [0.1, 0.15) is 5.52 Å². The number of oxazole rings is 1. The lowest BCUT2D eigenvalue weighted by Crippen LogP contribution is -1.97. The minimum Gasteiger partial charge on any atom is -0.472 e. The molecule has 0 aliphatic carbocycles. The minimum atomic E-state index is -0.466. The highest BCUT2D eigenvalue weighted by atomic mass is 16.6. The highest BCUT2D eigenvalue weighted by Crippen LogP contribution is 2.23. The van der Waals surface area contributed by atoms with Crippen molar-refractivity contribution in [1.29, 1.82) is 0 Å². The van der Waals surface area contributed by atoms with Crippen LogP contribution in [0.4, 0.5) is 11.7 Å². The molecule has 2 aromatic heterocycles. The van der Waals surface area contributed by atoms with Gasteiger partial charge in [0, 0.05) is 24.2 Å². The van der Waals surface area contributed by atoms with Gasteiger partial charge in [-0.2, -0.15) is 4.98 Å². The number of anilines is 1. The highest BCUT2D eigenvalue weighted by molar-refractivity contribution is 5.77. The number of nitrogens with zero attached hydrogens (tertiary/aromatic N) is 2. The molecule has 0 spiro atoms. The number of rotatable bonds is 4. The van der Waals surface area contributed by atoms with Crippen LogP contribution >= 0.6 is 0 Å². The maximum absolute atomic E-state index is 10.7. The second kappa shape index (κ2) is 4.45. The van der Waals surface area contributed by atoms with Gasteiger partial charge < -0.3 is 14.2 Å². The number of aromatic nitrogens is 1. The number of benzene rings is 1. The van der Waals surface area contributed by atoms with E-state index in [1.807, 2.05) is 6.07 Å². The summed E-state index contributed by atoms with van der Waals surface area (Å²) in [6.07, 6.45) is 3.19. The van der Waals surface area contributed by atoms with Gasteiger partial charge in [0.2, 0.25) is 0 Å². The number of hydrogen-bond donors (Lipinski definition) is 1. The molecule has 96 valence electrons. The third-order valence-electron chi connectivity index (χ3n) is 2.61. The van der Waals surface area contributed by atoms with Crippen molar-refractivity contribution in [3.8, 4) is 0 Å². The molecule has 0 aliphatic heterocycles. The highest BCUT2D eigenvalue weighted by Gasteiger charge is 2.11. The van der Waals surface area contributed by atoms with Crippen LogP contribution in [0.3, 0.4) is 0 Å². The number of nitro groups is 1. The Morgan fingerprint density at radius 1 is 1.37 bits per heavy atom. The Morgan fingerprint density at radius 3 is 3.00 bits per heavy atom. The molecule has 0 saturated heterocycles. The molecule has 7 nitrogen and oxygen atoms in total. The first-order chi connectivity index (χ1) is 9.22. The first-order valence-electron chi connectivity index (χ1n) is 5.52. The lowest BCUT2D eigenvalue weighted by atomic mass is 10.3.